The lowest BCUT2D eigenvalue weighted by Crippen LogP contribution is -2.61. The van der Waals surface area contributed by atoms with Gasteiger partial charge in [-0.1, -0.05) is 48.0 Å². The number of hydrogen-bond acceptors (Lipinski definition) is 9. The Labute approximate surface area is 270 Å². The first-order valence-electron chi connectivity index (χ1n) is 15.5. The zero-order valence-electron chi connectivity index (χ0n) is 28.0. The molecule has 17 nitrogen and oxygen atoms in total. The van der Waals surface area contributed by atoms with E-state index in [0.717, 1.165) is 0 Å². The van der Waals surface area contributed by atoms with E-state index in [1.165, 1.54) is 6.92 Å². The van der Waals surface area contributed by atoms with E-state index in [9.17, 15) is 33.9 Å². The summed E-state index contributed by atoms with van der Waals surface area (Å²) in [5, 5.41) is 31.7. The topological polar surface area (TPSA) is 293 Å². The van der Waals surface area contributed by atoms with E-state index < -0.39 is 90.2 Å². The maximum absolute atomic E-state index is 13.6. The lowest BCUT2D eigenvalue weighted by molar-refractivity contribution is -0.139. The van der Waals surface area contributed by atoms with Gasteiger partial charge in [-0.05, 0) is 43.9 Å². The standard InChI is InChI=1S/C29H55N9O8/c1-8-16(6)22(27(45)36-21(15(4)5)26(44)34-13-20(40)41)37-25(43)19(10-9-11-33-29(31)32)35-28(46)23(17(7)39)38-24(42)18(30)12-14(2)3/h14-19,21-23,39H,8-13,30H2,1-7H3,(H,34,44)(H,35,46)(H,36,45)(H,37,43)(H,38,42)(H,40,41)(H4,31,32,33). The van der Waals surface area contributed by atoms with Crippen LogP contribution in [0.25, 0.3) is 0 Å². The fraction of sp³-hybridized carbons (Fsp3) is 0.759. The number of nitrogens with two attached hydrogens (primary N) is 3. The molecule has 0 saturated carbocycles. The largest absolute Gasteiger partial charge is 0.480 e. The van der Waals surface area contributed by atoms with Gasteiger partial charge >= 0.3 is 5.97 Å². The number of nitrogens with one attached hydrogen (secondary N) is 5. The molecule has 0 heterocycles. The van der Waals surface area contributed by atoms with Crippen molar-refractivity contribution in [3.05, 3.63) is 0 Å². The minimum atomic E-state index is -1.44. The number of nitrogens with zero attached hydrogens (tertiary/aromatic N) is 1. The van der Waals surface area contributed by atoms with Gasteiger partial charge in [0, 0.05) is 6.54 Å². The van der Waals surface area contributed by atoms with E-state index in [4.69, 9.17) is 22.3 Å². The molecule has 7 unspecified atom stereocenters. The summed E-state index contributed by atoms with van der Waals surface area (Å²) in [6.45, 7) is 11.4. The number of hydrogen-bond donors (Lipinski definition) is 10. The molecule has 0 fully saturated rings. The summed E-state index contributed by atoms with van der Waals surface area (Å²) < 4.78 is 0. The third-order valence-electron chi connectivity index (χ3n) is 7.16. The zero-order valence-corrected chi connectivity index (χ0v) is 28.0. The number of amides is 5. The highest BCUT2D eigenvalue weighted by molar-refractivity contribution is 5.96. The van der Waals surface area contributed by atoms with Crippen molar-refractivity contribution in [1.29, 1.82) is 0 Å². The number of carbonyl (C=O) groups is 6. The fourth-order valence-electron chi connectivity index (χ4n) is 4.32. The lowest BCUT2D eigenvalue weighted by Gasteiger charge is -2.30. The summed E-state index contributed by atoms with van der Waals surface area (Å²) in [6, 6.07) is -5.86. The smallest absolute Gasteiger partial charge is 0.322 e. The van der Waals surface area contributed by atoms with E-state index in [-0.39, 0.29) is 31.3 Å². The molecule has 7 atom stereocenters. The molecule has 0 bridgehead atoms. The van der Waals surface area contributed by atoms with Gasteiger partial charge in [-0.2, -0.15) is 0 Å². The van der Waals surface area contributed by atoms with Crippen LogP contribution in [0, 0.1) is 17.8 Å². The van der Waals surface area contributed by atoms with Crippen LogP contribution in [-0.4, -0.2) is 101 Å². The van der Waals surface area contributed by atoms with Gasteiger partial charge in [0.15, 0.2) is 5.96 Å². The van der Waals surface area contributed by atoms with Gasteiger partial charge < -0.3 is 54.0 Å². The number of carboxylic acids is 1. The van der Waals surface area contributed by atoms with Crippen molar-refractivity contribution in [1.82, 2.24) is 26.6 Å². The molecule has 0 aromatic rings. The third kappa shape index (κ3) is 15.8. The molecule has 17 heteroatoms. The minimum absolute atomic E-state index is 0.0166. The quantitative estimate of drug-likeness (QED) is 0.0354. The summed E-state index contributed by atoms with van der Waals surface area (Å²) in [6.07, 6.45) is -0.305. The van der Waals surface area contributed by atoms with Crippen molar-refractivity contribution >= 4 is 41.5 Å². The number of rotatable bonds is 21. The average Bonchev–Trinajstić information content (AvgIpc) is 2.95. The Morgan fingerprint density at radius 2 is 1.30 bits per heavy atom. The van der Waals surface area contributed by atoms with Gasteiger partial charge in [0.1, 0.15) is 30.7 Å². The molecule has 0 aromatic carbocycles. The van der Waals surface area contributed by atoms with Crippen LogP contribution < -0.4 is 43.8 Å². The number of aliphatic carboxylic acids is 1. The average molecular weight is 658 g/mol. The molecular formula is C29H55N9O8. The number of aliphatic imine (C=N–C) groups is 1. The van der Waals surface area contributed by atoms with Crippen molar-refractivity contribution < 1.29 is 39.0 Å². The van der Waals surface area contributed by atoms with Crippen molar-refractivity contribution in [3.63, 3.8) is 0 Å². The summed E-state index contributed by atoms with van der Waals surface area (Å²) >= 11 is 0. The Hall–Kier alpha value is -3.99. The van der Waals surface area contributed by atoms with Crippen molar-refractivity contribution in [2.45, 2.75) is 110 Å². The molecule has 0 rings (SSSR count). The maximum Gasteiger partial charge on any atom is 0.322 e. The number of carbonyl (C=O) groups excluding carboxylic acids is 5. The number of guanidine groups is 1. The number of aliphatic hydroxyl groups is 1. The summed E-state index contributed by atoms with van der Waals surface area (Å²) in [5.41, 5.74) is 16.7. The van der Waals surface area contributed by atoms with E-state index >= 15 is 0 Å². The van der Waals surface area contributed by atoms with E-state index in [1.54, 1.807) is 27.7 Å². The summed E-state index contributed by atoms with van der Waals surface area (Å²) in [5.74, 6) is -5.82. The molecule has 0 aliphatic rings. The van der Waals surface area contributed by atoms with Gasteiger partial charge in [0.2, 0.25) is 29.5 Å². The van der Waals surface area contributed by atoms with Crippen molar-refractivity contribution in [2.75, 3.05) is 13.1 Å². The maximum atomic E-state index is 13.6. The zero-order chi connectivity index (χ0) is 35.7. The Kier molecular flexibility index (Phi) is 19.1. The van der Waals surface area contributed by atoms with Crippen LogP contribution in [0.4, 0.5) is 0 Å². The van der Waals surface area contributed by atoms with Crippen LogP contribution in [0.1, 0.15) is 74.1 Å². The molecule has 264 valence electrons. The van der Waals surface area contributed by atoms with Crippen LogP contribution in [0.3, 0.4) is 0 Å². The fourth-order valence-corrected chi connectivity index (χ4v) is 4.32. The van der Waals surface area contributed by atoms with Gasteiger partial charge in [-0.3, -0.25) is 33.8 Å². The predicted octanol–water partition coefficient (Wildman–Crippen LogP) is -2.36. The van der Waals surface area contributed by atoms with Gasteiger partial charge in [-0.15, -0.1) is 0 Å². The SMILES string of the molecule is CCC(C)C(NC(=O)C(CCCN=C(N)N)NC(=O)C(NC(=O)C(N)CC(C)C)C(C)O)C(=O)NC(C(=O)NCC(=O)O)C(C)C. The Balaban J connectivity index is 6.10. The highest BCUT2D eigenvalue weighted by atomic mass is 16.4. The second-order valence-electron chi connectivity index (χ2n) is 12.2. The number of carboxylic acid groups (broad SMARTS) is 1. The van der Waals surface area contributed by atoms with Crippen LogP contribution in [0.2, 0.25) is 0 Å². The highest BCUT2D eigenvalue weighted by Gasteiger charge is 2.35. The first-order chi connectivity index (χ1) is 21.3. The normalized spacial score (nSPS) is 15.7. The summed E-state index contributed by atoms with van der Waals surface area (Å²) in [7, 11) is 0. The van der Waals surface area contributed by atoms with Gasteiger partial charge in [0.05, 0.1) is 12.1 Å². The van der Waals surface area contributed by atoms with Crippen LogP contribution in [-0.2, 0) is 28.8 Å². The van der Waals surface area contributed by atoms with Gasteiger partial charge in [-0.25, -0.2) is 0 Å². The molecule has 0 saturated heterocycles. The second kappa shape index (κ2) is 20.9. The molecule has 0 aliphatic carbocycles. The predicted molar refractivity (Wildman–Crippen MR) is 172 cm³/mol. The number of aliphatic hydroxyl groups excluding tert-OH is 1. The molecule has 0 spiro atoms. The first-order valence-corrected chi connectivity index (χ1v) is 15.5. The van der Waals surface area contributed by atoms with Crippen LogP contribution in [0.15, 0.2) is 4.99 Å². The molecule has 5 amide bonds. The highest BCUT2D eigenvalue weighted by Crippen LogP contribution is 2.12. The monoisotopic (exact) mass is 657 g/mol. The molecule has 0 radical (unpaired) electrons. The van der Waals surface area contributed by atoms with E-state index in [0.29, 0.717) is 12.8 Å². The molecule has 0 aliphatic heterocycles. The van der Waals surface area contributed by atoms with Gasteiger partial charge in [0.25, 0.3) is 0 Å². The molecule has 13 N–H and O–H groups in total. The van der Waals surface area contributed by atoms with E-state index in [1.807, 2.05) is 13.8 Å². The van der Waals surface area contributed by atoms with Crippen molar-refractivity contribution in [3.8, 4) is 0 Å². The van der Waals surface area contributed by atoms with E-state index in [2.05, 4.69) is 31.6 Å². The van der Waals surface area contributed by atoms with Crippen molar-refractivity contribution in [2.24, 2.45) is 39.9 Å². The summed E-state index contributed by atoms with van der Waals surface area (Å²) in [4.78, 5) is 80.4. The van der Waals surface area contributed by atoms with Crippen LogP contribution >= 0.6 is 0 Å². The molecule has 46 heavy (non-hydrogen) atoms. The molecule has 0 aromatic heterocycles. The Morgan fingerprint density at radius 1 is 0.761 bits per heavy atom. The lowest BCUT2D eigenvalue weighted by atomic mass is 9.95. The molecular weight excluding hydrogens is 602 g/mol. The third-order valence-corrected chi connectivity index (χ3v) is 7.16. The Bertz CT molecular complexity index is 1060. The van der Waals surface area contributed by atoms with Crippen LogP contribution in [0.5, 0.6) is 0 Å². The Morgan fingerprint density at radius 3 is 1.78 bits per heavy atom. The minimum Gasteiger partial charge on any atom is -0.480 e. The second-order valence-corrected chi connectivity index (χ2v) is 12.2. The first kappa shape index (κ1) is 42.0.